The maximum absolute atomic E-state index is 12.4. The highest BCUT2D eigenvalue weighted by molar-refractivity contribution is 7.14. The molecule has 1 aromatic carbocycles. The Morgan fingerprint density at radius 3 is 2.61 bits per heavy atom. The first-order valence-corrected chi connectivity index (χ1v) is 10.9. The van der Waals surface area contributed by atoms with Crippen LogP contribution in [0.1, 0.15) is 47.6 Å². The fourth-order valence-electron chi connectivity index (χ4n) is 3.00. The first kappa shape index (κ1) is 20.8. The number of nitrogens with one attached hydrogen (secondary N) is 3. The average molecular weight is 439 g/mol. The van der Waals surface area contributed by atoms with Crippen molar-refractivity contribution in [2.24, 2.45) is 5.92 Å². The van der Waals surface area contributed by atoms with Crippen LogP contribution >= 0.6 is 11.3 Å². The van der Waals surface area contributed by atoms with E-state index in [2.05, 4.69) is 20.9 Å². The van der Waals surface area contributed by atoms with Gasteiger partial charge in [0.1, 0.15) is 0 Å². The van der Waals surface area contributed by atoms with Crippen LogP contribution in [0.5, 0.6) is 0 Å². The van der Waals surface area contributed by atoms with E-state index in [9.17, 15) is 14.4 Å². The Labute approximate surface area is 183 Å². The minimum Gasteiger partial charge on any atom is -0.459 e. The standard InChI is InChI=1S/C22H22N4O4S/c1-13(14-6-8-16(9-7-14)24-20(28)15-4-5-15)23-19(27)11-17-12-31-22(25-17)26-21(29)18-3-2-10-30-18/h2-3,6-10,12-13,15H,4-5,11H2,1H3,(H,23,27)(H,24,28)(H,25,26,29). The maximum atomic E-state index is 12.4. The smallest absolute Gasteiger partial charge is 0.293 e. The van der Waals surface area contributed by atoms with Gasteiger partial charge in [0.25, 0.3) is 5.91 Å². The van der Waals surface area contributed by atoms with Gasteiger partial charge in [-0.25, -0.2) is 4.98 Å². The molecular weight excluding hydrogens is 416 g/mol. The van der Waals surface area contributed by atoms with Gasteiger partial charge in [-0.1, -0.05) is 12.1 Å². The molecule has 160 valence electrons. The number of carbonyl (C=O) groups excluding carboxylic acids is 3. The predicted octanol–water partition coefficient (Wildman–Crippen LogP) is 3.76. The number of aromatic nitrogens is 1. The third kappa shape index (κ3) is 5.58. The summed E-state index contributed by atoms with van der Waals surface area (Å²) in [5, 5.41) is 10.6. The molecule has 1 aliphatic rings. The molecule has 4 rings (SSSR count). The van der Waals surface area contributed by atoms with Gasteiger partial charge in [-0.3, -0.25) is 19.7 Å². The number of nitrogens with zero attached hydrogens (tertiary/aromatic N) is 1. The van der Waals surface area contributed by atoms with Crippen LogP contribution < -0.4 is 16.0 Å². The zero-order valence-corrected chi connectivity index (χ0v) is 17.7. The van der Waals surface area contributed by atoms with Crippen molar-refractivity contribution in [3.05, 3.63) is 65.1 Å². The van der Waals surface area contributed by atoms with Crippen LogP contribution in [0.4, 0.5) is 10.8 Å². The molecule has 3 aromatic rings. The summed E-state index contributed by atoms with van der Waals surface area (Å²) < 4.78 is 5.04. The number of benzene rings is 1. The van der Waals surface area contributed by atoms with E-state index in [0.29, 0.717) is 10.8 Å². The van der Waals surface area contributed by atoms with Crippen molar-refractivity contribution in [3.63, 3.8) is 0 Å². The molecule has 1 unspecified atom stereocenters. The quantitative estimate of drug-likeness (QED) is 0.496. The highest BCUT2D eigenvalue weighted by Gasteiger charge is 2.29. The molecule has 0 saturated heterocycles. The molecule has 1 saturated carbocycles. The molecule has 1 aliphatic carbocycles. The molecular formula is C22H22N4O4S. The van der Waals surface area contributed by atoms with Crippen molar-refractivity contribution in [1.29, 1.82) is 0 Å². The number of hydrogen-bond donors (Lipinski definition) is 3. The molecule has 8 nitrogen and oxygen atoms in total. The van der Waals surface area contributed by atoms with Crippen LogP contribution in [0.15, 0.2) is 52.5 Å². The minimum absolute atomic E-state index is 0.0667. The lowest BCUT2D eigenvalue weighted by Gasteiger charge is -2.15. The van der Waals surface area contributed by atoms with E-state index in [4.69, 9.17) is 4.42 Å². The lowest BCUT2D eigenvalue weighted by molar-refractivity contribution is -0.121. The molecule has 2 heterocycles. The highest BCUT2D eigenvalue weighted by atomic mass is 32.1. The SMILES string of the molecule is CC(NC(=O)Cc1csc(NC(=O)c2ccco2)n1)c1ccc(NC(=O)C2CC2)cc1. The number of anilines is 2. The number of amides is 3. The Kier molecular flexibility index (Phi) is 6.13. The van der Waals surface area contributed by atoms with Crippen LogP contribution in [0, 0.1) is 5.92 Å². The van der Waals surface area contributed by atoms with E-state index >= 15 is 0 Å². The topological polar surface area (TPSA) is 113 Å². The Bertz CT molecular complexity index is 1070. The van der Waals surface area contributed by atoms with Crippen LogP contribution in [0.3, 0.4) is 0 Å². The van der Waals surface area contributed by atoms with Gasteiger partial charge in [0.15, 0.2) is 10.9 Å². The fraction of sp³-hybridized carbons (Fsp3) is 0.273. The first-order chi connectivity index (χ1) is 15.0. The van der Waals surface area contributed by atoms with Gasteiger partial charge in [0.05, 0.1) is 24.4 Å². The number of thiazole rings is 1. The van der Waals surface area contributed by atoms with E-state index < -0.39 is 0 Å². The lowest BCUT2D eigenvalue weighted by Crippen LogP contribution is -2.28. The van der Waals surface area contributed by atoms with E-state index in [-0.39, 0.29) is 41.9 Å². The van der Waals surface area contributed by atoms with Gasteiger partial charge in [-0.15, -0.1) is 11.3 Å². The van der Waals surface area contributed by atoms with Gasteiger partial charge in [0, 0.05) is 17.0 Å². The van der Waals surface area contributed by atoms with Crippen molar-refractivity contribution < 1.29 is 18.8 Å². The van der Waals surface area contributed by atoms with E-state index in [1.807, 2.05) is 31.2 Å². The second kappa shape index (κ2) is 9.13. The molecule has 31 heavy (non-hydrogen) atoms. The van der Waals surface area contributed by atoms with Crippen LogP contribution in [0.25, 0.3) is 0 Å². The summed E-state index contributed by atoms with van der Waals surface area (Å²) in [4.78, 5) is 40.5. The Morgan fingerprint density at radius 2 is 1.94 bits per heavy atom. The zero-order chi connectivity index (χ0) is 21.8. The largest absolute Gasteiger partial charge is 0.459 e. The van der Waals surface area contributed by atoms with Crippen molar-refractivity contribution in [3.8, 4) is 0 Å². The second-order valence-corrected chi connectivity index (χ2v) is 8.29. The normalized spacial score (nSPS) is 14.0. The van der Waals surface area contributed by atoms with E-state index in [0.717, 1.165) is 24.1 Å². The predicted molar refractivity (Wildman–Crippen MR) is 117 cm³/mol. The van der Waals surface area contributed by atoms with Crippen LogP contribution in [-0.4, -0.2) is 22.7 Å². The molecule has 9 heteroatoms. The molecule has 3 N–H and O–H groups in total. The second-order valence-electron chi connectivity index (χ2n) is 7.43. The van der Waals surface area contributed by atoms with Crippen molar-refractivity contribution in [2.75, 3.05) is 10.6 Å². The summed E-state index contributed by atoms with van der Waals surface area (Å²) in [6.07, 6.45) is 3.45. The lowest BCUT2D eigenvalue weighted by atomic mass is 10.1. The van der Waals surface area contributed by atoms with Gasteiger partial charge in [0.2, 0.25) is 11.8 Å². The number of hydrogen-bond acceptors (Lipinski definition) is 6. The third-order valence-corrected chi connectivity index (χ3v) is 5.67. The van der Waals surface area contributed by atoms with E-state index in [1.54, 1.807) is 17.5 Å². The molecule has 3 amide bonds. The molecule has 0 radical (unpaired) electrons. The van der Waals surface area contributed by atoms with Crippen LogP contribution in [0.2, 0.25) is 0 Å². The van der Waals surface area contributed by atoms with Gasteiger partial charge >= 0.3 is 0 Å². The number of furan rings is 1. The Hall–Kier alpha value is -3.46. The summed E-state index contributed by atoms with van der Waals surface area (Å²) in [5.74, 6) is -0.144. The Morgan fingerprint density at radius 1 is 1.16 bits per heavy atom. The van der Waals surface area contributed by atoms with Gasteiger partial charge in [-0.2, -0.15) is 0 Å². The van der Waals surface area contributed by atoms with E-state index in [1.165, 1.54) is 17.6 Å². The minimum atomic E-state index is -0.388. The summed E-state index contributed by atoms with van der Waals surface area (Å²) in [7, 11) is 0. The van der Waals surface area contributed by atoms with Crippen LogP contribution in [-0.2, 0) is 16.0 Å². The molecule has 1 fully saturated rings. The molecule has 0 aliphatic heterocycles. The van der Waals surface area contributed by atoms with Crippen molar-refractivity contribution in [2.45, 2.75) is 32.2 Å². The Balaban J connectivity index is 1.27. The summed E-state index contributed by atoms with van der Waals surface area (Å²) in [5.41, 5.74) is 2.26. The van der Waals surface area contributed by atoms with Gasteiger partial charge in [-0.05, 0) is 49.6 Å². The van der Waals surface area contributed by atoms with Crippen molar-refractivity contribution >= 4 is 39.9 Å². The first-order valence-electron chi connectivity index (χ1n) is 9.97. The van der Waals surface area contributed by atoms with Gasteiger partial charge < -0.3 is 15.1 Å². The summed E-state index contributed by atoms with van der Waals surface area (Å²) in [6, 6.07) is 10.5. The zero-order valence-electron chi connectivity index (χ0n) is 16.9. The average Bonchev–Trinajstić information content (AvgIpc) is 3.27. The summed E-state index contributed by atoms with van der Waals surface area (Å²) >= 11 is 1.25. The number of rotatable bonds is 8. The monoisotopic (exact) mass is 438 g/mol. The molecule has 1 atom stereocenters. The summed E-state index contributed by atoms with van der Waals surface area (Å²) in [6.45, 7) is 1.89. The molecule has 0 bridgehead atoms. The maximum Gasteiger partial charge on any atom is 0.293 e. The fourth-order valence-corrected chi connectivity index (χ4v) is 3.70. The highest BCUT2D eigenvalue weighted by Crippen LogP contribution is 2.30. The number of carbonyl (C=O) groups is 3. The third-order valence-electron chi connectivity index (χ3n) is 4.86. The molecule has 0 spiro atoms. The molecule has 2 aromatic heterocycles. The van der Waals surface area contributed by atoms with Crippen molar-refractivity contribution in [1.82, 2.24) is 10.3 Å².